The number of nitrogens with one attached hydrogen (secondary N) is 2. The monoisotopic (exact) mass is 285 g/mol. The Morgan fingerprint density at radius 3 is 2.43 bits per heavy atom. The fourth-order valence-corrected chi connectivity index (χ4v) is 3.32. The molecule has 1 aromatic rings. The van der Waals surface area contributed by atoms with Crippen LogP contribution in [0.4, 0.5) is 0 Å². The highest BCUT2D eigenvalue weighted by Gasteiger charge is 2.37. The number of H-pyrrole nitrogens is 1. The van der Waals surface area contributed by atoms with E-state index in [1.807, 2.05) is 32.1 Å². The maximum atomic E-state index is 4.64. The van der Waals surface area contributed by atoms with Gasteiger partial charge in [-0.15, -0.1) is 0 Å². The van der Waals surface area contributed by atoms with E-state index in [0.29, 0.717) is 0 Å². The number of nitrogens with zero attached hydrogens (tertiary/aromatic N) is 1. The van der Waals surface area contributed by atoms with Crippen molar-refractivity contribution in [3.05, 3.63) is 42.5 Å². The molecule has 1 aliphatic carbocycles. The Bertz CT molecular complexity index is 497. The summed E-state index contributed by atoms with van der Waals surface area (Å²) in [6.07, 6.45) is 12.5. The number of aromatic amines is 1. The molecule has 0 radical (unpaired) electrons. The van der Waals surface area contributed by atoms with Gasteiger partial charge in [-0.2, -0.15) is 0 Å². The molecule has 3 nitrogen and oxygen atoms in total. The van der Waals surface area contributed by atoms with Crippen LogP contribution in [0.2, 0.25) is 0 Å². The van der Waals surface area contributed by atoms with E-state index in [2.05, 4.69) is 28.4 Å². The Labute approximate surface area is 128 Å². The fourth-order valence-electron chi connectivity index (χ4n) is 3.32. The first-order valence-corrected chi connectivity index (χ1v) is 8.05. The average molecular weight is 285 g/mol. The molecular formula is C18H27N3. The lowest BCUT2D eigenvalue weighted by Crippen LogP contribution is -2.58. The van der Waals surface area contributed by atoms with Crippen molar-refractivity contribution in [3.63, 3.8) is 0 Å². The van der Waals surface area contributed by atoms with Gasteiger partial charge in [-0.25, -0.2) is 4.98 Å². The Balaban J connectivity index is 0.000000774. The first-order chi connectivity index (χ1) is 10.3. The Morgan fingerprint density at radius 2 is 1.86 bits per heavy atom. The summed E-state index contributed by atoms with van der Waals surface area (Å²) in [5, 5.41) is 3.58. The third kappa shape index (κ3) is 3.73. The highest BCUT2D eigenvalue weighted by Crippen LogP contribution is 2.34. The molecule has 3 heteroatoms. The molecule has 3 fully saturated rings. The Kier molecular flexibility index (Phi) is 5.57. The van der Waals surface area contributed by atoms with Gasteiger partial charge in [0.25, 0.3) is 0 Å². The predicted molar refractivity (Wildman–Crippen MR) is 91.0 cm³/mol. The SMILES string of the molecule is C=C/C=C\c1[nH]c(CC2CC3CC(C2)N3)nc1C=C.CC. The second-order valence-electron chi connectivity index (χ2n) is 5.62. The van der Waals surface area contributed by atoms with E-state index >= 15 is 0 Å². The highest BCUT2D eigenvalue weighted by molar-refractivity contribution is 5.59. The van der Waals surface area contributed by atoms with E-state index in [1.165, 1.54) is 19.3 Å². The lowest BCUT2D eigenvalue weighted by molar-refractivity contribution is 0.127. The van der Waals surface area contributed by atoms with Crippen LogP contribution in [0.5, 0.6) is 0 Å². The van der Waals surface area contributed by atoms with Gasteiger partial charge in [-0.3, -0.25) is 0 Å². The van der Waals surface area contributed by atoms with E-state index in [-0.39, 0.29) is 0 Å². The van der Waals surface area contributed by atoms with Crippen molar-refractivity contribution in [2.24, 2.45) is 5.92 Å². The van der Waals surface area contributed by atoms with E-state index < -0.39 is 0 Å². The molecule has 1 saturated carbocycles. The van der Waals surface area contributed by atoms with Gasteiger partial charge in [0.15, 0.2) is 0 Å². The fraction of sp³-hybridized carbons (Fsp3) is 0.500. The third-order valence-electron chi connectivity index (χ3n) is 4.16. The van der Waals surface area contributed by atoms with Crippen LogP contribution >= 0.6 is 0 Å². The molecule has 2 saturated heterocycles. The topological polar surface area (TPSA) is 40.7 Å². The number of rotatable bonds is 5. The van der Waals surface area contributed by atoms with E-state index in [0.717, 1.165) is 41.6 Å². The molecule has 0 amide bonds. The molecule has 2 aliphatic heterocycles. The van der Waals surface area contributed by atoms with Crippen molar-refractivity contribution >= 4 is 12.2 Å². The first kappa shape index (κ1) is 15.8. The summed E-state index contributed by atoms with van der Waals surface area (Å²) in [4.78, 5) is 8.04. The standard InChI is InChI=1S/C16H21N3.C2H6/c1-3-5-6-15-14(4-2)18-16(19-15)9-11-7-12-10-13(8-11)17-12;1-2/h3-6,11-13,17H,1-2,7-10H2,(H,18,19);1-2H3/b6-5-;. The molecule has 4 rings (SSSR count). The molecule has 21 heavy (non-hydrogen) atoms. The van der Waals surface area contributed by atoms with E-state index in [9.17, 15) is 0 Å². The van der Waals surface area contributed by atoms with Crippen molar-refractivity contribution in [3.8, 4) is 0 Å². The van der Waals surface area contributed by atoms with Crippen LogP contribution in [-0.2, 0) is 6.42 Å². The number of hydrogen-bond acceptors (Lipinski definition) is 2. The van der Waals surface area contributed by atoms with Gasteiger partial charge in [0.1, 0.15) is 5.82 Å². The highest BCUT2D eigenvalue weighted by atomic mass is 15.0. The zero-order valence-electron chi connectivity index (χ0n) is 13.2. The molecular weight excluding hydrogens is 258 g/mol. The Hall–Kier alpha value is -1.61. The van der Waals surface area contributed by atoms with Gasteiger partial charge in [0.05, 0.1) is 11.4 Å². The summed E-state index contributed by atoms with van der Waals surface area (Å²) in [6, 6.07) is 1.52. The normalized spacial score (nSPS) is 26.7. The molecule has 2 N–H and O–H groups in total. The van der Waals surface area contributed by atoms with Gasteiger partial charge < -0.3 is 10.3 Å². The number of imidazole rings is 1. The molecule has 3 aliphatic rings. The van der Waals surface area contributed by atoms with Crippen molar-refractivity contribution in [1.29, 1.82) is 0 Å². The molecule has 0 spiro atoms. The van der Waals surface area contributed by atoms with Crippen molar-refractivity contribution in [2.75, 3.05) is 0 Å². The summed E-state index contributed by atoms with van der Waals surface area (Å²) >= 11 is 0. The summed E-state index contributed by atoms with van der Waals surface area (Å²) in [5.41, 5.74) is 1.97. The van der Waals surface area contributed by atoms with Crippen LogP contribution in [0, 0.1) is 5.92 Å². The summed E-state index contributed by atoms with van der Waals surface area (Å²) in [7, 11) is 0. The minimum Gasteiger partial charge on any atom is -0.342 e. The molecule has 2 unspecified atom stereocenters. The number of piperidine rings is 1. The second kappa shape index (κ2) is 7.41. The minimum absolute atomic E-state index is 0.762. The first-order valence-electron chi connectivity index (χ1n) is 8.05. The quantitative estimate of drug-likeness (QED) is 0.804. The van der Waals surface area contributed by atoms with Crippen LogP contribution < -0.4 is 5.32 Å². The number of aromatic nitrogens is 2. The molecule has 2 bridgehead atoms. The number of hydrogen-bond donors (Lipinski definition) is 2. The molecule has 114 valence electrons. The van der Waals surface area contributed by atoms with Crippen molar-refractivity contribution in [1.82, 2.24) is 15.3 Å². The van der Waals surface area contributed by atoms with Crippen LogP contribution in [0.3, 0.4) is 0 Å². The summed E-state index contributed by atoms with van der Waals surface area (Å²) in [6.45, 7) is 11.5. The maximum absolute atomic E-state index is 4.64. The van der Waals surface area contributed by atoms with Gasteiger partial charge in [-0.1, -0.05) is 39.2 Å². The van der Waals surface area contributed by atoms with Gasteiger partial charge in [0, 0.05) is 18.5 Å². The predicted octanol–water partition coefficient (Wildman–Crippen LogP) is 3.96. The zero-order chi connectivity index (χ0) is 15.2. The van der Waals surface area contributed by atoms with Crippen LogP contribution in [0.15, 0.2) is 25.3 Å². The number of fused-ring (bicyclic) bond motifs is 2. The van der Waals surface area contributed by atoms with E-state index in [1.54, 1.807) is 6.08 Å². The molecule has 3 heterocycles. The lowest BCUT2D eigenvalue weighted by atomic mass is 9.74. The Morgan fingerprint density at radius 1 is 1.19 bits per heavy atom. The average Bonchev–Trinajstić information content (AvgIpc) is 2.88. The maximum Gasteiger partial charge on any atom is 0.107 e. The molecule has 0 aromatic carbocycles. The van der Waals surface area contributed by atoms with Crippen molar-refractivity contribution < 1.29 is 0 Å². The largest absolute Gasteiger partial charge is 0.342 e. The van der Waals surface area contributed by atoms with Crippen LogP contribution in [-0.4, -0.2) is 22.1 Å². The van der Waals surface area contributed by atoms with Gasteiger partial charge >= 0.3 is 0 Å². The smallest absolute Gasteiger partial charge is 0.107 e. The molecule has 1 aromatic heterocycles. The van der Waals surface area contributed by atoms with Gasteiger partial charge in [-0.05, 0) is 37.3 Å². The summed E-state index contributed by atoms with van der Waals surface area (Å²) < 4.78 is 0. The van der Waals surface area contributed by atoms with Crippen LogP contribution in [0.1, 0.15) is 50.3 Å². The third-order valence-corrected chi connectivity index (χ3v) is 4.16. The van der Waals surface area contributed by atoms with Gasteiger partial charge in [0.2, 0.25) is 0 Å². The van der Waals surface area contributed by atoms with E-state index in [4.69, 9.17) is 0 Å². The molecule has 2 atom stereocenters. The van der Waals surface area contributed by atoms with Crippen LogP contribution in [0.25, 0.3) is 12.2 Å². The second-order valence-corrected chi connectivity index (χ2v) is 5.62. The number of allylic oxidation sites excluding steroid dienone is 2. The summed E-state index contributed by atoms with van der Waals surface area (Å²) in [5.74, 6) is 1.86. The minimum atomic E-state index is 0.762. The van der Waals surface area contributed by atoms with Crippen molar-refractivity contribution in [2.45, 2.75) is 51.6 Å². The lowest BCUT2D eigenvalue weighted by Gasteiger charge is -2.46. The zero-order valence-corrected chi connectivity index (χ0v) is 13.2.